The van der Waals surface area contributed by atoms with Gasteiger partial charge in [-0.05, 0) is 56.0 Å². The number of aliphatic imine (C=N–C) groups is 1. The molecule has 1 aliphatic heterocycles. The van der Waals surface area contributed by atoms with E-state index in [-0.39, 0.29) is 35.3 Å². The molecule has 166 valence electrons. The van der Waals surface area contributed by atoms with Crippen molar-refractivity contribution in [1.29, 1.82) is 0 Å². The van der Waals surface area contributed by atoms with Crippen LogP contribution in [0.15, 0.2) is 41.5 Å². The van der Waals surface area contributed by atoms with E-state index in [1.165, 1.54) is 18.2 Å². The summed E-state index contributed by atoms with van der Waals surface area (Å²) in [5.74, 6) is -1.49. The van der Waals surface area contributed by atoms with Crippen LogP contribution >= 0.6 is 0 Å². The Labute approximate surface area is 182 Å². The number of sulfone groups is 1. The van der Waals surface area contributed by atoms with Gasteiger partial charge in [-0.15, -0.1) is 0 Å². The predicted molar refractivity (Wildman–Crippen MR) is 119 cm³/mol. The number of amidine groups is 1. The number of pyridine rings is 1. The standard InChI is InChI=1S/C23H28FN3O3S/c1-14(2)23(5)21(25)27-22(4,13-31(23,29)30)17-10-16(7-8-18(17)24)11-20(28)19-9-6-15(3)12-26-19/h6-10,12,14H,11,13H2,1-5H3,(H2,25,27)/t22-,23-/m0/s1. The lowest BCUT2D eigenvalue weighted by atomic mass is 9.89. The monoisotopic (exact) mass is 445 g/mol. The summed E-state index contributed by atoms with van der Waals surface area (Å²) in [6, 6.07) is 7.70. The summed E-state index contributed by atoms with van der Waals surface area (Å²) in [5.41, 5.74) is 6.67. The summed E-state index contributed by atoms with van der Waals surface area (Å²) in [4.78, 5) is 21.2. The first-order chi connectivity index (χ1) is 14.3. The van der Waals surface area contributed by atoms with Crippen molar-refractivity contribution in [3.05, 3.63) is 64.7 Å². The molecule has 0 bridgehead atoms. The summed E-state index contributed by atoms with van der Waals surface area (Å²) in [5, 5.41) is 0. The van der Waals surface area contributed by atoms with E-state index >= 15 is 0 Å². The molecule has 0 saturated carbocycles. The number of nitrogens with two attached hydrogens (primary N) is 1. The van der Waals surface area contributed by atoms with Crippen molar-refractivity contribution < 1.29 is 17.6 Å². The molecule has 0 aliphatic carbocycles. The Balaban J connectivity index is 2.01. The molecule has 2 atom stereocenters. The molecule has 8 heteroatoms. The Kier molecular flexibility index (Phi) is 5.82. The molecule has 1 aromatic heterocycles. The van der Waals surface area contributed by atoms with Crippen LogP contribution in [0.4, 0.5) is 4.39 Å². The zero-order valence-electron chi connectivity index (χ0n) is 18.4. The number of benzene rings is 1. The molecule has 0 saturated heterocycles. The third-order valence-electron chi connectivity index (χ3n) is 6.27. The van der Waals surface area contributed by atoms with Crippen LogP contribution in [0.1, 0.15) is 54.9 Å². The van der Waals surface area contributed by atoms with Crippen LogP contribution < -0.4 is 5.73 Å². The van der Waals surface area contributed by atoms with Crippen molar-refractivity contribution in [2.75, 3.05) is 5.75 Å². The second kappa shape index (κ2) is 7.82. The van der Waals surface area contributed by atoms with Crippen molar-refractivity contribution in [1.82, 2.24) is 4.98 Å². The topological polar surface area (TPSA) is 102 Å². The van der Waals surface area contributed by atoms with E-state index in [2.05, 4.69) is 9.98 Å². The minimum Gasteiger partial charge on any atom is -0.386 e. The molecule has 1 aliphatic rings. The van der Waals surface area contributed by atoms with Gasteiger partial charge >= 0.3 is 0 Å². The second-order valence-corrected chi connectivity index (χ2v) is 11.3. The number of rotatable bonds is 5. The highest BCUT2D eigenvalue weighted by Crippen LogP contribution is 2.41. The number of aromatic nitrogens is 1. The molecule has 0 amide bonds. The van der Waals surface area contributed by atoms with Gasteiger partial charge in [-0.3, -0.25) is 14.8 Å². The zero-order valence-corrected chi connectivity index (χ0v) is 19.3. The second-order valence-electron chi connectivity index (χ2n) is 8.93. The van der Waals surface area contributed by atoms with Gasteiger partial charge in [-0.25, -0.2) is 12.8 Å². The van der Waals surface area contributed by atoms with Crippen LogP contribution in [0.25, 0.3) is 0 Å². The number of nitrogens with zero attached hydrogens (tertiary/aromatic N) is 2. The van der Waals surface area contributed by atoms with Crippen molar-refractivity contribution in [3.8, 4) is 0 Å². The number of halogens is 1. The summed E-state index contributed by atoms with van der Waals surface area (Å²) in [6.07, 6.45) is 1.62. The van der Waals surface area contributed by atoms with E-state index in [1.807, 2.05) is 6.92 Å². The van der Waals surface area contributed by atoms with E-state index in [4.69, 9.17) is 5.73 Å². The van der Waals surface area contributed by atoms with Crippen LogP contribution in [-0.4, -0.2) is 35.5 Å². The molecule has 2 aromatic rings. The molecule has 6 nitrogen and oxygen atoms in total. The van der Waals surface area contributed by atoms with Gasteiger partial charge in [0.2, 0.25) is 0 Å². The van der Waals surface area contributed by atoms with Crippen molar-refractivity contribution in [2.24, 2.45) is 16.6 Å². The van der Waals surface area contributed by atoms with Gasteiger partial charge in [0.1, 0.15) is 27.6 Å². The van der Waals surface area contributed by atoms with Crippen LogP contribution in [0.2, 0.25) is 0 Å². The van der Waals surface area contributed by atoms with Gasteiger partial charge in [0.25, 0.3) is 0 Å². The highest BCUT2D eigenvalue weighted by atomic mass is 32.2. The number of hydrogen-bond acceptors (Lipinski definition) is 6. The first-order valence-electron chi connectivity index (χ1n) is 10.1. The van der Waals surface area contributed by atoms with Crippen LogP contribution in [0.3, 0.4) is 0 Å². The van der Waals surface area contributed by atoms with E-state index in [9.17, 15) is 17.6 Å². The maximum Gasteiger partial charge on any atom is 0.185 e. The van der Waals surface area contributed by atoms with Crippen LogP contribution in [0, 0.1) is 18.7 Å². The fourth-order valence-electron chi connectivity index (χ4n) is 3.89. The van der Waals surface area contributed by atoms with E-state index in [0.717, 1.165) is 5.56 Å². The van der Waals surface area contributed by atoms with Gasteiger partial charge in [-0.2, -0.15) is 0 Å². The molecule has 2 heterocycles. The highest BCUT2D eigenvalue weighted by molar-refractivity contribution is 7.93. The molecular formula is C23H28FN3O3S. The zero-order chi connectivity index (χ0) is 23.2. The Bertz CT molecular complexity index is 1160. The lowest BCUT2D eigenvalue weighted by Gasteiger charge is -2.42. The van der Waals surface area contributed by atoms with E-state index in [1.54, 1.807) is 46.0 Å². The average molecular weight is 446 g/mol. The Morgan fingerprint density at radius 2 is 1.90 bits per heavy atom. The van der Waals surface area contributed by atoms with Gasteiger partial charge < -0.3 is 5.73 Å². The number of Topliss-reactive ketones (excluding diaryl/α,β-unsaturated/α-hetero) is 1. The first kappa shape index (κ1) is 23.1. The molecule has 0 radical (unpaired) electrons. The molecule has 2 N–H and O–H groups in total. The molecule has 31 heavy (non-hydrogen) atoms. The Morgan fingerprint density at radius 1 is 1.23 bits per heavy atom. The summed E-state index contributed by atoms with van der Waals surface area (Å²) < 4.78 is 39.9. The summed E-state index contributed by atoms with van der Waals surface area (Å²) in [6.45, 7) is 8.54. The fourth-order valence-corrected chi connectivity index (χ4v) is 6.23. The number of carbonyl (C=O) groups excluding carboxylic acids is 1. The summed E-state index contributed by atoms with van der Waals surface area (Å²) >= 11 is 0. The van der Waals surface area contributed by atoms with Crippen LogP contribution in [0.5, 0.6) is 0 Å². The third-order valence-corrected chi connectivity index (χ3v) is 9.18. The van der Waals surface area contributed by atoms with Gasteiger partial charge in [-0.1, -0.05) is 26.0 Å². The molecule has 0 unspecified atom stereocenters. The normalized spacial score (nSPS) is 25.3. The fraction of sp³-hybridized carbons (Fsp3) is 0.435. The van der Waals surface area contributed by atoms with Crippen molar-refractivity contribution in [2.45, 2.75) is 51.3 Å². The molecule has 0 spiro atoms. The molecule has 3 rings (SSSR count). The predicted octanol–water partition coefficient (Wildman–Crippen LogP) is 3.37. The van der Waals surface area contributed by atoms with Crippen molar-refractivity contribution >= 4 is 21.5 Å². The van der Waals surface area contributed by atoms with Gasteiger partial charge in [0.05, 0.1) is 5.75 Å². The quantitative estimate of drug-likeness (QED) is 0.711. The van der Waals surface area contributed by atoms with Crippen molar-refractivity contribution in [3.63, 3.8) is 0 Å². The van der Waals surface area contributed by atoms with E-state index < -0.39 is 25.9 Å². The largest absolute Gasteiger partial charge is 0.386 e. The Morgan fingerprint density at radius 3 is 2.45 bits per heavy atom. The number of ketones is 1. The average Bonchev–Trinajstić information content (AvgIpc) is 2.67. The third kappa shape index (κ3) is 4.01. The SMILES string of the molecule is Cc1ccc(C(=O)Cc2ccc(F)c([C@]3(C)CS(=O)(=O)[C@@](C)(C(C)C)C(N)=N3)c2)nc1. The Hall–Kier alpha value is -2.61. The lowest BCUT2D eigenvalue weighted by Crippen LogP contribution is -2.59. The molecule has 0 fully saturated rings. The lowest BCUT2D eigenvalue weighted by molar-refractivity contribution is 0.0988. The molecular weight excluding hydrogens is 417 g/mol. The highest BCUT2D eigenvalue weighted by Gasteiger charge is 2.53. The summed E-state index contributed by atoms with van der Waals surface area (Å²) in [7, 11) is -3.73. The van der Waals surface area contributed by atoms with Gasteiger partial charge in [0.15, 0.2) is 15.6 Å². The van der Waals surface area contributed by atoms with Gasteiger partial charge in [0, 0.05) is 18.2 Å². The number of carbonyl (C=O) groups is 1. The number of hydrogen-bond donors (Lipinski definition) is 1. The minimum absolute atomic E-state index is 0.00900. The maximum absolute atomic E-state index is 14.8. The minimum atomic E-state index is -3.73. The van der Waals surface area contributed by atoms with E-state index in [0.29, 0.717) is 11.3 Å². The maximum atomic E-state index is 14.8. The number of aryl methyl sites for hydroxylation is 1. The van der Waals surface area contributed by atoms with Crippen LogP contribution in [-0.2, 0) is 21.8 Å². The molecule has 1 aromatic carbocycles. The first-order valence-corrected chi connectivity index (χ1v) is 11.8. The smallest absolute Gasteiger partial charge is 0.185 e.